The minimum absolute atomic E-state index is 0.207. The molecule has 2 amide bonds. The summed E-state index contributed by atoms with van der Waals surface area (Å²) >= 11 is 0. The van der Waals surface area contributed by atoms with Gasteiger partial charge in [0.1, 0.15) is 12.1 Å². The largest absolute Gasteiger partial charge is 0.480 e. The van der Waals surface area contributed by atoms with Gasteiger partial charge in [0.2, 0.25) is 0 Å². The summed E-state index contributed by atoms with van der Waals surface area (Å²) in [5.74, 6) is -1.87. The molecule has 1 unspecified atom stereocenters. The van der Waals surface area contributed by atoms with Crippen LogP contribution in [0.3, 0.4) is 0 Å². The molecule has 0 bridgehead atoms. The van der Waals surface area contributed by atoms with Gasteiger partial charge in [0.15, 0.2) is 0 Å². The lowest BCUT2D eigenvalue weighted by Crippen LogP contribution is -2.52. The number of esters is 1. The molecule has 0 aromatic rings. The van der Waals surface area contributed by atoms with Crippen LogP contribution in [0.1, 0.15) is 34.1 Å². The third kappa shape index (κ3) is 6.08. The number of carbonyl (C=O) groups is 3. The van der Waals surface area contributed by atoms with Crippen molar-refractivity contribution in [2.24, 2.45) is 5.92 Å². The molecule has 0 radical (unpaired) electrons. The van der Waals surface area contributed by atoms with E-state index in [0.717, 1.165) is 0 Å². The van der Waals surface area contributed by atoms with Crippen molar-refractivity contribution >= 4 is 18.0 Å². The Morgan fingerprint density at radius 2 is 1.74 bits per heavy atom. The van der Waals surface area contributed by atoms with E-state index in [1.165, 1.54) is 6.92 Å². The SMILES string of the molecule is CCOC(=O)C(C)NC(=O)N[C@H](C(=O)O)[C@@H](C)CC. The van der Waals surface area contributed by atoms with Crippen molar-refractivity contribution in [1.82, 2.24) is 10.6 Å². The molecule has 0 spiro atoms. The first-order valence-corrected chi connectivity index (χ1v) is 6.29. The number of hydrogen-bond donors (Lipinski definition) is 3. The van der Waals surface area contributed by atoms with E-state index in [0.29, 0.717) is 6.42 Å². The third-order valence-electron chi connectivity index (χ3n) is 2.75. The van der Waals surface area contributed by atoms with Gasteiger partial charge >= 0.3 is 18.0 Å². The zero-order valence-electron chi connectivity index (χ0n) is 11.7. The second kappa shape index (κ2) is 8.34. The normalized spacial score (nSPS) is 14.9. The van der Waals surface area contributed by atoms with E-state index in [9.17, 15) is 14.4 Å². The first-order valence-electron chi connectivity index (χ1n) is 6.29. The molecule has 0 rings (SSSR count). The average Bonchev–Trinajstić information content (AvgIpc) is 2.34. The molecule has 3 N–H and O–H groups in total. The fourth-order valence-corrected chi connectivity index (χ4v) is 1.39. The Morgan fingerprint density at radius 1 is 1.16 bits per heavy atom. The Hall–Kier alpha value is -1.79. The molecule has 19 heavy (non-hydrogen) atoms. The number of hydrogen-bond acceptors (Lipinski definition) is 4. The topological polar surface area (TPSA) is 105 Å². The third-order valence-corrected chi connectivity index (χ3v) is 2.75. The molecule has 0 aromatic carbocycles. The second-order valence-electron chi connectivity index (χ2n) is 4.29. The fourth-order valence-electron chi connectivity index (χ4n) is 1.39. The molecule has 0 aliphatic rings. The minimum Gasteiger partial charge on any atom is -0.480 e. The van der Waals surface area contributed by atoms with Gasteiger partial charge in [0.25, 0.3) is 0 Å². The van der Waals surface area contributed by atoms with Gasteiger partial charge in [-0.3, -0.25) is 0 Å². The zero-order chi connectivity index (χ0) is 15.0. The van der Waals surface area contributed by atoms with E-state index in [2.05, 4.69) is 10.6 Å². The molecule has 7 heteroatoms. The second-order valence-corrected chi connectivity index (χ2v) is 4.29. The zero-order valence-corrected chi connectivity index (χ0v) is 11.7. The molecule has 0 saturated carbocycles. The van der Waals surface area contributed by atoms with Crippen molar-refractivity contribution in [2.75, 3.05) is 6.61 Å². The van der Waals surface area contributed by atoms with Crippen LogP contribution >= 0.6 is 0 Å². The number of urea groups is 1. The minimum atomic E-state index is -1.10. The summed E-state index contributed by atoms with van der Waals surface area (Å²) in [4.78, 5) is 33.9. The van der Waals surface area contributed by atoms with E-state index in [4.69, 9.17) is 9.84 Å². The highest BCUT2D eigenvalue weighted by Gasteiger charge is 2.26. The van der Waals surface area contributed by atoms with Crippen molar-refractivity contribution in [3.8, 4) is 0 Å². The number of carboxylic acids is 1. The van der Waals surface area contributed by atoms with Gasteiger partial charge in [0.05, 0.1) is 6.61 Å². The lowest BCUT2D eigenvalue weighted by atomic mass is 9.99. The van der Waals surface area contributed by atoms with Gasteiger partial charge in [-0.1, -0.05) is 20.3 Å². The Balaban J connectivity index is 4.42. The molecule has 0 heterocycles. The highest BCUT2D eigenvalue weighted by atomic mass is 16.5. The number of rotatable bonds is 7. The molecule has 0 saturated heterocycles. The lowest BCUT2D eigenvalue weighted by Gasteiger charge is -2.21. The van der Waals surface area contributed by atoms with Gasteiger partial charge < -0.3 is 20.5 Å². The Labute approximate surface area is 112 Å². The maximum atomic E-state index is 11.6. The molecule has 3 atom stereocenters. The van der Waals surface area contributed by atoms with Crippen LogP contribution in [0.25, 0.3) is 0 Å². The molecular weight excluding hydrogens is 252 g/mol. The smallest absolute Gasteiger partial charge is 0.328 e. The van der Waals surface area contributed by atoms with E-state index in [1.807, 2.05) is 6.92 Å². The van der Waals surface area contributed by atoms with E-state index in [1.54, 1.807) is 13.8 Å². The van der Waals surface area contributed by atoms with Crippen molar-refractivity contribution < 1.29 is 24.2 Å². The van der Waals surface area contributed by atoms with E-state index >= 15 is 0 Å². The number of aliphatic carboxylic acids is 1. The van der Waals surface area contributed by atoms with Gasteiger partial charge in [-0.25, -0.2) is 14.4 Å². The number of carboxylic acid groups (broad SMARTS) is 1. The summed E-state index contributed by atoms with van der Waals surface area (Å²) in [7, 11) is 0. The lowest BCUT2D eigenvalue weighted by molar-refractivity contribution is -0.144. The number of ether oxygens (including phenoxy) is 1. The van der Waals surface area contributed by atoms with Crippen LogP contribution in [-0.2, 0) is 14.3 Å². The predicted molar refractivity (Wildman–Crippen MR) is 68.6 cm³/mol. The van der Waals surface area contributed by atoms with Gasteiger partial charge in [0, 0.05) is 0 Å². The predicted octanol–water partition coefficient (Wildman–Crippen LogP) is 0.737. The number of nitrogens with one attached hydrogen (secondary N) is 2. The summed E-state index contributed by atoms with van der Waals surface area (Å²) in [6, 6.07) is -2.51. The van der Waals surface area contributed by atoms with Crippen LogP contribution in [0.4, 0.5) is 4.79 Å². The monoisotopic (exact) mass is 274 g/mol. The molecule has 7 nitrogen and oxygen atoms in total. The quantitative estimate of drug-likeness (QED) is 0.594. The first kappa shape index (κ1) is 17.2. The van der Waals surface area contributed by atoms with E-state index in [-0.39, 0.29) is 12.5 Å². The van der Waals surface area contributed by atoms with Crippen LogP contribution in [0, 0.1) is 5.92 Å². The standard InChI is InChI=1S/C12H22N2O5/c1-5-7(3)9(10(15)16)14-12(18)13-8(4)11(17)19-6-2/h7-9H,5-6H2,1-4H3,(H,15,16)(H2,13,14,18)/t7-,8?,9-/m0/s1. The van der Waals surface area contributed by atoms with Gasteiger partial charge in [-0.2, -0.15) is 0 Å². The summed E-state index contributed by atoms with van der Waals surface area (Å²) in [6.45, 7) is 6.91. The van der Waals surface area contributed by atoms with Gasteiger partial charge in [-0.15, -0.1) is 0 Å². The summed E-state index contributed by atoms with van der Waals surface area (Å²) < 4.78 is 4.73. The maximum absolute atomic E-state index is 11.6. The first-order chi connectivity index (χ1) is 8.83. The Morgan fingerprint density at radius 3 is 2.16 bits per heavy atom. The molecule has 0 fully saturated rings. The van der Waals surface area contributed by atoms with Crippen molar-refractivity contribution in [2.45, 2.75) is 46.2 Å². The van der Waals surface area contributed by atoms with Crippen molar-refractivity contribution in [1.29, 1.82) is 0 Å². The molecule has 0 aliphatic heterocycles. The Kier molecular flexibility index (Phi) is 7.55. The van der Waals surface area contributed by atoms with Crippen LogP contribution in [0.5, 0.6) is 0 Å². The van der Waals surface area contributed by atoms with Crippen LogP contribution < -0.4 is 10.6 Å². The van der Waals surface area contributed by atoms with E-state index < -0.39 is 30.1 Å². The van der Waals surface area contributed by atoms with Crippen LogP contribution in [-0.4, -0.2) is 41.8 Å². The summed E-state index contributed by atoms with van der Waals surface area (Å²) in [5, 5.41) is 13.7. The van der Waals surface area contributed by atoms with Crippen LogP contribution in [0.2, 0.25) is 0 Å². The number of carbonyl (C=O) groups excluding carboxylic acids is 2. The molecule has 0 aromatic heterocycles. The van der Waals surface area contributed by atoms with Gasteiger partial charge in [-0.05, 0) is 19.8 Å². The summed E-state index contributed by atoms with van der Waals surface area (Å²) in [5.41, 5.74) is 0. The molecule has 0 aliphatic carbocycles. The Bertz CT molecular complexity index is 332. The number of amides is 2. The van der Waals surface area contributed by atoms with Crippen molar-refractivity contribution in [3.63, 3.8) is 0 Å². The average molecular weight is 274 g/mol. The highest BCUT2D eigenvalue weighted by molar-refractivity contribution is 5.86. The highest BCUT2D eigenvalue weighted by Crippen LogP contribution is 2.07. The molecule has 110 valence electrons. The fraction of sp³-hybridized carbons (Fsp3) is 0.750. The summed E-state index contributed by atoms with van der Waals surface area (Å²) in [6.07, 6.45) is 0.616. The molecular formula is C12H22N2O5. The maximum Gasteiger partial charge on any atom is 0.328 e. The van der Waals surface area contributed by atoms with Crippen molar-refractivity contribution in [3.05, 3.63) is 0 Å². The van der Waals surface area contributed by atoms with Crippen LogP contribution in [0.15, 0.2) is 0 Å².